The Balaban J connectivity index is 2.83. The van der Waals surface area contributed by atoms with Gasteiger partial charge in [0.25, 0.3) is 5.91 Å². The molecular formula is C15H18N2O. The number of aryl methyl sites for hydroxylation is 1. The molecule has 3 heteroatoms. The highest BCUT2D eigenvalue weighted by atomic mass is 16.1. The zero-order valence-corrected chi connectivity index (χ0v) is 10.6. The first kappa shape index (κ1) is 13.8. The summed E-state index contributed by atoms with van der Waals surface area (Å²) < 4.78 is 0. The highest BCUT2D eigenvalue weighted by molar-refractivity contribution is 5.95. The fourth-order valence-corrected chi connectivity index (χ4v) is 1.43. The smallest absolute Gasteiger partial charge is 0.255 e. The Labute approximate surface area is 108 Å². The van der Waals surface area contributed by atoms with Gasteiger partial charge in [-0.05, 0) is 30.2 Å². The summed E-state index contributed by atoms with van der Waals surface area (Å²) in [4.78, 5) is 12.0. The van der Waals surface area contributed by atoms with E-state index in [0.29, 0.717) is 17.0 Å². The minimum Gasteiger partial charge on any atom is -0.398 e. The van der Waals surface area contributed by atoms with E-state index in [2.05, 4.69) is 25.4 Å². The fraction of sp³-hybridized carbons (Fsp3) is 0.133. The average molecular weight is 242 g/mol. The first-order valence-electron chi connectivity index (χ1n) is 5.76. The summed E-state index contributed by atoms with van der Waals surface area (Å²) in [7, 11) is 0. The molecule has 1 aromatic carbocycles. The summed E-state index contributed by atoms with van der Waals surface area (Å²) in [6, 6.07) is 7.45. The predicted octanol–water partition coefficient (Wildman–Crippen LogP) is 2.52. The zero-order chi connectivity index (χ0) is 13.5. The molecule has 1 aromatic rings. The number of allylic oxidation sites excluding steroid dienone is 2. The predicted molar refractivity (Wildman–Crippen MR) is 74.9 cm³/mol. The Bertz CT molecular complexity index is 484. The van der Waals surface area contributed by atoms with Crippen LogP contribution in [0.15, 0.2) is 61.0 Å². The Hall–Kier alpha value is -2.29. The van der Waals surface area contributed by atoms with Crippen LogP contribution in [-0.2, 0) is 6.42 Å². The molecule has 18 heavy (non-hydrogen) atoms. The van der Waals surface area contributed by atoms with Crippen LogP contribution in [-0.4, -0.2) is 5.91 Å². The number of benzene rings is 1. The van der Waals surface area contributed by atoms with Gasteiger partial charge in [0.05, 0.1) is 5.70 Å². The number of amides is 1. The third-order valence-electron chi connectivity index (χ3n) is 2.50. The summed E-state index contributed by atoms with van der Waals surface area (Å²) in [6.07, 6.45) is 4.11. The summed E-state index contributed by atoms with van der Waals surface area (Å²) in [5, 5.41) is 2.70. The van der Waals surface area contributed by atoms with Gasteiger partial charge in [0.2, 0.25) is 0 Å². The van der Waals surface area contributed by atoms with Crippen LogP contribution in [0.3, 0.4) is 0 Å². The minimum atomic E-state index is -0.211. The van der Waals surface area contributed by atoms with Crippen LogP contribution in [0.25, 0.3) is 0 Å². The van der Waals surface area contributed by atoms with Crippen molar-refractivity contribution in [3.8, 4) is 0 Å². The number of hydrogen-bond donors (Lipinski definition) is 2. The molecule has 0 aliphatic rings. The van der Waals surface area contributed by atoms with Crippen LogP contribution >= 0.6 is 0 Å². The van der Waals surface area contributed by atoms with Crippen molar-refractivity contribution >= 4 is 5.91 Å². The van der Waals surface area contributed by atoms with E-state index < -0.39 is 0 Å². The lowest BCUT2D eigenvalue weighted by Crippen LogP contribution is -2.25. The van der Waals surface area contributed by atoms with Crippen molar-refractivity contribution in [1.82, 2.24) is 5.32 Å². The van der Waals surface area contributed by atoms with Crippen LogP contribution < -0.4 is 11.1 Å². The number of nitrogens with two attached hydrogens (primary N) is 1. The average Bonchev–Trinajstić information content (AvgIpc) is 2.38. The van der Waals surface area contributed by atoms with Gasteiger partial charge in [-0.3, -0.25) is 4.79 Å². The molecule has 3 N–H and O–H groups in total. The largest absolute Gasteiger partial charge is 0.398 e. The van der Waals surface area contributed by atoms with E-state index >= 15 is 0 Å². The normalized spacial score (nSPS) is 10.8. The van der Waals surface area contributed by atoms with Crippen molar-refractivity contribution in [3.63, 3.8) is 0 Å². The van der Waals surface area contributed by atoms with Crippen molar-refractivity contribution < 1.29 is 4.79 Å². The number of nitrogens with one attached hydrogen (secondary N) is 1. The van der Waals surface area contributed by atoms with Crippen molar-refractivity contribution in [3.05, 3.63) is 72.1 Å². The second kappa shape index (κ2) is 6.45. The maximum atomic E-state index is 12.0. The second-order valence-electron chi connectivity index (χ2n) is 3.85. The van der Waals surface area contributed by atoms with Gasteiger partial charge in [-0.2, -0.15) is 0 Å². The summed E-state index contributed by atoms with van der Waals surface area (Å²) in [6.45, 7) is 9.22. The number of carbonyl (C=O) groups is 1. The van der Waals surface area contributed by atoms with Crippen molar-refractivity contribution in [2.45, 2.75) is 13.3 Å². The van der Waals surface area contributed by atoms with E-state index in [-0.39, 0.29) is 5.91 Å². The first-order valence-corrected chi connectivity index (χ1v) is 5.76. The van der Waals surface area contributed by atoms with Crippen LogP contribution in [0.2, 0.25) is 0 Å². The summed E-state index contributed by atoms with van der Waals surface area (Å²) >= 11 is 0. The lowest BCUT2D eigenvalue weighted by molar-refractivity contribution is 0.0966. The van der Waals surface area contributed by atoms with E-state index in [0.717, 1.165) is 6.42 Å². The molecule has 0 bridgehead atoms. The molecular weight excluding hydrogens is 224 g/mol. The molecule has 1 amide bonds. The van der Waals surface area contributed by atoms with E-state index in [1.54, 1.807) is 24.3 Å². The summed E-state index contributed by atoms with van der Waals surface area (Å²) in [5.74, 6) is -0.211. The van der Waals surface area contributed by atoms with E-state index in [1.807, 2.05) is 12.1 Å². The molecule has 0 atom stereocenters. The minimum absolute atomic E-state index is 0.211. The highest BCUT2D eigenvalue weighted by Gasteiger charge is 2.07. The monoisotopic (exact) mass is 242 g/mol. The second-order valence-corrected chi connectivity index (χ2v) is 3.85. The maximum Gasteiger partial charge on any atom is 0.255 e. The molecule has 94 valence electrons. The van der Waals surface area contributed by atoms with E-state index in [4.69, 9.17) is 5.73 Å². The number of carbonyl (C=O) groups excluding carboxylic acids is 1. The van der Waals surface area contributed by atoms with Gasteiger partial charge >= 0.3 is 0 Å². The molecule has 0 unspecified atom stereocenters. The molecule has 0 aliphatic heterocycles. The van der Waals surface area contributed by atoms with Crippen LogP contribution in [0, 0.1) is 0 Å². The molecule has 3 nitrogen and oxygen atoms in total. The molecule has 0 aromatic heterocycles. The molecule has 0 spiro atoms. The molecule has 0 aliphatic carbocycles. The van der Waals surface area contributed by atoms with E-state index in [9.17, 15) is 4.79 Å². The fourth-order valence-electron chi connectivity index (χ4n) is 1.43. The molecule has 0 saturated heterocycles. The first-order chi connectivity index (χ1) is 8.58. The quantitative estimate of drug-likeness (QED) is 0.779. The molecule has 0 heterocycles. The number of hydrogen-bond acceptors (Lipinski definition) is 2. The van der Waals surface area contributed by atoms with Crippen LogP contribution in [0.4, 0.5) is 0 Å². The topological polar surface area (TPSA) is 55.1 Å². The maximum absolute atomic E-state index is 12.0. The third-order valence-corrected chi connectivity index (χ3v) is 2.50. The van der Waals surface area contributed by atoms with Gasteiger partial charge < -0.3 is 11.1 Å². The molecule has 0 radical (unpaired) electrons. The lowest BCUT2D eigenvalue weighted by Gasteiger charge is -2.09. The Morgan fingerprint density at radius 2 is 2.00 bits per heavy atom. The van der Waals surface area contributed by atoms with Gasteiger partial charge in [-0.15, -0.1) is 0 Å². The lowest BCUT2D eigenvalue weighted by atomic mass is 10.1. The molecule has 0 saturated carbocycles. The zero-order valence-electron chi connectivity index (χ0n) is 10.6. The Kier molecular flexibility index (Phi) is 4.93. The standard InChI is InChI=1S/C15H18N2O/c1-4-6-14(11(3)16)17-15(18)13-9-7-12(5-2)8-10-13/h4,6-10H,1,3,5,16H2,2H3,(H,17,18)/b14-6+. The van der Waals surface area contributed by atoms with Gasteiger partial charge in [-0.1, -0.05) is 38.3 Å². The summed E-state index contributed by atoms with van der Waals surface area (Å²) in [5.41, 5.74) is 8.11. The molecule has 0 fully saturated rings. The van der Waals surface area contributed by atoms with Gasteiger partial charge in [0.15, 0.2) is 0 Å². The molecule has 1 rings (SSSR count). The Morgan fingerprint density at radius 3 is 2.44 bits per heavy atom. The van der Waals surface area contributed by atoms with Gasteiger partial charge in [0, 0.05) is 11.3 Å². The van der Waals surface area contributed by atoms with Crippen molar-refractivity contribution in [2.75, 3.05) is 0 Å². The third kappa shape index (κ3) is 3.63. The van der Waals surface area contributed by atoms with E-state index in [1.165, 1.54) is 5.56 Å². The van der Waals surface area contributed by atoms with Gasteiger partial charge in [-0.25, -0.2) is 0 Å². The van der Waals surface area contributed by atoms with Crippen LogP contribution in [0.5, 0.6) is 0 Å². The van der Waals surface area contributed by atoms with Crippen LogP contribution in [0.1, 0.15) is 22.8 Å². The SMILES string of the molecule is C=C/C=C(/NC(=O)c1ccc(CC)cc1)C(=C)N. The Morgan fingerprint density at radius 1 is 1.39 bits per heavy atom. The highest BCUT2D eigenvalue weighted by Crippen LogP contribution is 2.07. The van der Waals surface area contributed by atoms with Gasteiger partial charge in [0.1, 0.15) is 0 Å². The van der Waals surface area contributed by atoms with Crippen molar-refractivity contribution in [1.29, 1.82) is 0 Å². The van der Waals surface area contributed by atoms with Crippen molar-refractivity contribution in [2.24, 2.45) is 5.73 Å². The number of rotatable bonds is 5.